The molecule has 1 atom stereocenters. The number of aryl methyl sites for hydroxylation is 1. The molecule has 24 heavy (non-hydrogen) atoms. The van der Waals surface area contributed by atoms with Crippen molar-refractivity contribution in [2.24, 2.45) is 0 Å². The molecule has 0 aromatic carbocycles. The molecule has 1 fully saturated rings. The van der Waals surface area contributed by atoms with Gasteiger partial charge in [0.15, 0.2) is 11.6 Å². The molecule has 0 unspecified atom stereocenters. The van der Waals surface area contributed by atoms with Gasteiger partial charge >= 0.3 is 0 Å². The second kappa shape index (κ2) is 8.14. The highest BCUT2D eigenvalue weighted by Crippen LogP contribution is 2.20. The van der Waals surface area contributed by atoms with E-state index in [2.05, 4.69) is 49.5 Å². The highest BCUT2D eigenvalue weighted by atomic mass is 15.5. The number of aromatic nitrogens is 6. The number of tetrazole rings is 1. The van der Waals surface area contributed by atoms with Gasteiger partial charge in [0.1, 0.15) is 0 Å². The van der Waals surface area contributed by atoms with Crippen LogP contribution in [0, 0.1) is 0 Å². The number of anilines is 1. The van der Waals surface area contributed by atoms with Crippen molar-refractivity contribution in [2.75, 3.05) is 25.0 Å². The van der Waals surface area contributed by atoms with Gasteiger partial charge in [-0.05, 0) is 48.9 Å². The van der Waals surface area contributed by atoms with Gasteiger partial charge in [0.25, 0.3) is 0 Å². The van der Waals surface area contributed by atoms with Gasteiger partial charge in [0, 0.05) is 31.9 Å². The first-order chi connectivity index (χ1) is 11.8. The lowest BCUT2D eigenvalue weighted by atomic mass is 10.0. The minimum atomic E-state index is 0.470. The molecule has 0 spiro atoms. The van der Waals surface area contributed by atoms with Crippen LogP contribution in [0.3, 0.4) is 0 Å². The molecule has 0 N–H and O–H groups in total. The molecular weight excluding hydrogens is 304 g/mol. The van der Waals surface area contributed by atoms with Gasteiger partial charge in [-0.25, -0.2) is 4.68 Å². The van der Waals surface area contributed by atoms with Crippen LogP contribution in [0.5, 0.6) is 0 Å². The number of nitrogens with zero attached hydrogens (tertiary/aromatic N) is 8. The number of unbranched alkanes of at least 4 members (excludes halogenated alkanes) is 1. The summed E-state index contributed by atoms with van der Waals surface area (Å²) in [7, 11) is 2.16. The van der Waals surface area contributed by atoms with Crippen LogP contribution < -0.4 is 4.90 Å². The van der Waals surface area contributed by atoms with Crippen LogP contribution in [0.1, 0.15) is 38.4 Å². The molecule has 0 saturated carbocycles. The summed E-state index contributed by atoms with van der Waals surface area (Å²) >= 11 is 0. The van der Waals surface area contributed by atoms with Crippen LogP contribution in [-0.4, -0.2) is 61.5 Å². The predicted molar refractivity (Wildman–Crippen MR) is 91.5 cm³/mol. The molecule has 130 valence electrons. The Balaban J connectivity index is 1.60. The van der Waals surface area contributed by atoms with Crippen LogP contribution in [0.4, 0.5) is 5.82 Å². The fourth-order valence-corrected chi connectivity index (χ4v) is 3.15. The number of hydrogen-bond acceptors (Lipinski definition) is 7. The maximum absolute atomic E-state index is 4.24. The number of rotatable bonds is 7. The van der Waals surface area contributed by atoms with Gasteiger partial charge in [-0.15, -0.1) is 10.2 Å². The van der Waals surface area contributed by atoms with Crippen LogP contribution in [-0.2, 0) is 13.1 Å². The van der Waals surface area contributed by atoms with Gasteiger partial charge < -0.3 is 4.90 Å². The second-order valence-electron chi connectivity index (χ2n) is 6.41. The summed E-state index contributed by atoms with van der Waals surface area (Å²) in [5, 5.41) is 20.4. The van der Waals surface area contributed by atoms with Crippen molar-refractivity contribution >= 4 is 5.82 Å². The SMILES string of the molecule is CCCCn1nnnc1CN(C)[C@H]1CCCN(c2cccnn2)C1. The monoisotopic (exact) mass is 330 g/mol. The third kappa shape index (κ3) is 4.05. The minimum Gasteiger partial charge on any atom is -0.354 e. The Morgan fingerprint density at radius 1 is 1.33 bits per heavy atom. The molecule has 0 amide bonds. The topological polar surface area (TPSA) is 75.9 Å². The van der Waals surface area contributed by atoms with Gasteiger partial charge in [-0.2, -0.15) is 5.10 Å². The first-order valence-corrected chi connectivity index (χ1v) is 8.76. The summed E-state index contributed by atoms with van der Waals surface area (Å²) in [5.74, 6) is 1.91. The Morgan fingerprint density at radius 2 is 2.25 bits per heavy atom. The first kappa shape index (κ1) is 16.8. The Kier molecular flexibility index (Phi) is 5.68. The molecule has 8 heteroatoms. The molecule has 1 saturated heterocycles. The molecule has 1 aliphatic rings. The zero-order valence-electron chi connectivity index (χ0n) is 14.5. The van der Waals surface area contributed by atoms with Crippen LogP contribution in [0.2, 0.25) is 0 Å². The smallest absolute Gasteiger partial charge is 0.165 e. The summed E-state index contributed by atoms with van der Waals surface area (Å²) in [6.45, 7) is 5.85. The highest BCUT2D eigenvalue weighted by molar-refractivity contribution is 5.37. The summed E-state index contributed by atoms with van der Waals surface area (Å²) < 4.78 is 1.93. The maximum Gasteiger partial charge on any atom is 0.165 e. The molecule has 0 radical (unpaired) electrons. The fraction of sp³-hybridized carbons (Fsp3) is 0.688. The van der Waals surface area contributed by atoms with E-state index in [4.69, 9.17) is 0 Å². The summed E-state index contributed by atoms with van der Waals surface area (Å²) in [5.41, 5.74) is 0. The predicted octanol–water partition coefficient (Wildman–Crippen LogP) is 1.36. The van der Waals surface area contributed by atoms with E-state index in [-0.39, 0.29) is 0 Å². The van der Waals surface area contributed by atoms with E-state index < -0.39 is 0 Å². The molecule has 3 heterocycles. The lowest BCUT2D eigenvalue weighted by Crippen LogP contribution is -2.46. The number of hydrogen-bond donors (Lipinski definition) is 0. The van der Waals surface area contributed by atoms with Gasteiger partial charge in [0.05, 0.1) is 6.54 Å². The molecule has 0 bridgehead atoms. The summed E-state index contributed by atoms with van der Waals surface area (Å²) in [6.07, 6.45) is 6.31. The van der Waals surface area contributed by atoms with Crippen LogP contribution >= 0.6 is 0 Å². The second-order valence-corrected chi connectivity index (χ2v) is 6.41. The third-order valence-corrected chi connectivity index (χ3v) is 4.62. The third-order valence-electron chi connectivity index (χ3n) is 4.62. The average molecular weight is 330 g/mol. The summed E-state index contributed by atoms with van der Waals surface area (Å²) in [4.78, 5) is 4.67. The molecule has 3 rings (SSSR count). The fourth-order valence-electron chi connectivity index (χ4n) is 3.15. The van der Waals surface area contributed by atoms with Crippen molar-refractivity contribution in [1.29, 1.82) is 0 Å². The average Bonchev–Trinajstić information content (AvgIpc) is 3.07. The van der Waals surface area contributed by atoms with Crippen molar-refractivity contribution < 1.29 is 0 Å². The Labute approximate surface area is 142 Å². The Bertz CT molecular complexity index is 614. The summed E-state index contributed by atoms with van der Waals surface area (Å²) in [6, 6.07) is 4.44. The van der Waals surface area contributed by atoms with Crippen molar-refractivity contribution in [3.63, 3.8) is 0 Å². The standard InChI is InChI=1S/C16H26N8/c1-3-4-11-24-16(19-20-21-24)13-22(2)14-7-6-10-23(12-14)15-8-5-9-17-18-15/h5,8-9,14H,3-4,6-7,10-13H2,1-2H3/t14-/m0/s1. The van der Waals surface area contributed by atoms with Crippen molar-refractivity contribution in [1.82, 2.24) is 35.3 Å². The lowest BCUT2D eigenvalue weighted by molar-refractivity contribution is 0.199. The zero-order chi connectivity index (χ0) is 16.8. The van der Waals surface area contributed by atoms with Gasteiger partial charge in [0.2, 0.25) is 0 Å². The Morgan fingerprint density at radius 3 is 3.04 bits per heavy atom. The number of piperidine rings is 1. The van der Waals surface area contributed by atoms with Crippen LogP contribution in [0.25, 0.3) is 0 Å². The highest BCUT2D eigenvalue weighted by Gasteiger charge is 2.25. The quantitative estimate of drug-likeness (QED) is 0.759. The van der Waals surface area contributed by atoms with E-state index in [1.54, 1.807) is 6.20 Å². The minimum absolute atomic E-state index is 0.470. The van der Waals surface area contributed by atoms with Gasteiger partial charge in [-0.1, -0.05) is 13.3 Å². The Hall–Kier alpha value is -2.09. The van der Waals surface area contributed by atoms with Crippen molar-refractivity contribution in [3.8, 4) is 0 Å². The van der Waals surface area contributed by atoms with Crippen LogP contribution in [0.15, 0.2) is 18.3 Å². The normalized spacial score (nSPS) is 18.3. The molecule has 2 aromatic rings. The van der Waals surface area contributed by atoms with Crippen molar-refractivity contribution in [2.45, 2.75) is 51.7 Å². The maximum atomic E-state index is 4.24. The molecule has 1 aliphatic heterocycles. The largest absolute Gasteiger partial charge is 0.354 e. The molecule has 8 nitrogen and oxygen atoms in total. The zero-order valence-corrected chi connectivity index (χ0v) is 14.5. The molecule has 0 aliphatic carbocycles. The van der Waals surface area contributed by atoms with E-state index in [1.807, 2.05) is 16.8 Å². The van der Waals surface area contributed by atoms with Crippen molar-refractivity contribution in [3.05, 3.63) is 24.2 Å². The van der Waals surface area contributed by atoms with E-state index in [0.717, 1.165) is 57.1 Å². The molecule has 2 aromatic heterocycles. The van der Waals surface area contributed by atoms with E-state index in [1.165, 1.54) is 6.42 Å². The lowest BCUT2D eigenvalue weighted by Gasteiger charge is -2.37. The van der Waals surface area contributed by atoms with E-state index >= 15 is 0 Å². The molecular formula is C16H26N8. The van der Waals surface area contributed by atoms with Gasteiger partial charge in [-0.3, -0.25) is 4.90 Å². The first-order valence-electron chi connectivity index (χ1n) is 8.76. The number of likely N-dealkylation sites (N-methyl/N-ethyl adjacent to an activating group) is 1. The van der Waals surface area contributed by atoms with E-state index in [9.17, 15) is 0 Å². The van der Waals surface area contributed by atoms with E-state index in [0.29, 0.717) is 6.04 Å².